The van der Waals surface area contributed by atoms with Crippen LogP contribution in [0.2, 0.25) is 0 Å². The number of hydrogen-bond donors (Lipinski definition) is 0. The Balaban J connectivity index is 1.48. The summed E-state index contributed by atoms with van der Waals surface area (Å²) in [5.41, 5.74) is 2.86. The van der Waals surface area contributed by atoms with Gasteiger partial charge in [-0.05, 0) is 32.6 Å². The van der Waals surface area contributed by atoms with E-state index in [4.69, 9.17) is 4.52 Å². The van der Waals surface area contributed by atoms with E-state index < -0.39 is 10.0 Å². The number of anilines is 1. The molecular formula is C17H23N5O3S. The van der Waals surface area contributed by atoms with Gasteiger partial charge < -0.3 is 9.42 Å². The Morgan fingerprint density at radius 1 is 1.12 bits per heavy atom. The maximum atomic E-state index is 12.6. The molecule has 0 bridgehead atoms. The van der Waals surface area contributed by atoms with E-state index in [1.165, 1.54) is 30.4 Å². The molecule has 0 saturated carbocycles. The summed E-state index contributed by atoms with van der Waals surface area (Å²) in [6.45, 7) is 4.12. The van der Waals surface area contributed by atoms with Gasteiger partial charge in [-0.1, -0.05) is 5.16 Å². The first-order valence-electron chi connectivity index (χ1n) is 9.01. The van der Waals surface area contributed by atoms with Crippen LogP contribution in [-0.4, -0.2) is 54.0 Å². The number of piperazine rings is 1. The predicted molar refractivity (Wildman–Crippen MR) is 96.3 cm³/mol. The van der Waals surface area contributed by atoms with Gasteiger partial charge in [0.05, 0.1) is 5.69 Å². The first-order chi connectivity index (χ1) is 12.5. The van der Waals surface area contributed by atoms with Crippen molar-refractivity contribution in [2.24, 2.45) is 0 Å². The SMILES string of the molecule is Cc1nc2c(c(N3CCN(S(=O)(=O)Cc4ccon4)CC3)n1)CCCC2. The van der Waals surface area contributed by atoms with E-state index >= 15 is 0 Å². The molecule has 8 nitrogen and oxygen atoms in total. The monoisotopic (exact) mass is 377 g/mol. The van der Waals surface area contributed by atoms with Gasteiger partial charge in [-0.15, -0.1) is 0 Å². The molecule has 0 atom stereocenters. The van der Waals surface area contributed by atoms with Gasteiger partial charge in [-0.25, -0.2) is 18.4 Å². The summed E-state index contributed by atoms with van der Waals surface area (Å²) < 4.78 is 31.4. The highest BCUT2D eigenvalue weighted by atomic mass is 32.2. The Morgan fingerprint density at radius 2 is 1.88 bits per heavy atom. The highest BCUT2D eigenvalue weighted by Crippen LogP contribution is 2.29. The molecule has 140 valence electrons. The Morgan fingerprint density at radius 3 is 2.62 bits per heavy atom. The largest absolute Gasteiger partial charge is 0.364 e. The lowest BCUT2D eigenvalue weighted by atomic mass is 9.96. The van der Waals surface area contributed by atoms with Gasteiger partial charge in [0.2, 0.25) is 10.0 Å². The van der Waals surface area contributed by atoms with Gasteiger partial charge in [0, 0.05) is 43.5 Å². The molecule has 2 aliphatic rings. The fraction of sp³-hybridized carbons (Fsp3) is 0.588. The quantitative estimate of drug-likeness (QED) is 0.793. The average Bonchev–Trinajstić information content (AvgIpc) is 3.13. The minimum atomic E-state index is -3.39. The number of fused-ring (bicyclic) bond motifs is 1. The van der Waals surface area contributed by atoms with Crippen molar-refractivity contribution in [2.75, 3.05) is 31.1 Å². The van der Waals surface area contributed by atoms with E-state index in [0.29, 0.717) is 31.9 Å². The van der Waals surface area contributed by atoms with E-state index in [1.807, 2.05) is 6.92 Å². The normalized spacial score (nSPS) is 18.7. The number of rotatable bonds is 4. The number of aryl methyl sites for hydroxylation is 2. The fourth-order valence-corrected chi connectivity index (χ4v) is 5.15. The molecule has 0 amide bonds. The lowest BCUT2D eigenvalue weighted by Gasteiger charge is -2.36. The summed E-state index contributed by atoms with van der Waals surface area (Å²) in [7, 11) is -3.39. The summed E-state index contributed by atoms with van der Waals surface area (Å²) in [6.07, 6.45) is 5.76. The van der Waals surface area contributed by atoms with Crippen LogP contribution in [0.5, 0.6) is 0 Å². The molecule has 0 N–H and O–H groups in total. The molecule has 2 aromatic rings. The zero-order valence-electron chi connectivity index (χ0n) is 14.9. The summed E-state index contributed by atoms with van der Waals surface area (Å²) in [5.74, 6) is 1.67. The van der Waals surface area contributed by atoms with E-state index in [-0.39, 0.29) is 5.75 Å². The van der Waals surface area contributed by atoms with Crippen LogP contribution in [0, 0.1) is 6.92 Å². The summed E-state index contributed by atoms with van der Waals surface area (Å²) in [6, 6.07) is 1.59. The van der Waals surface area contributed by atoms with Crippen molar-refractivity contribution < 1.29 is 12.9 Å². The van der Waals surface area contributed by atoms with Gasteiger partial charge in [0.15, 0.2) is 0 Å². The Hall–Kier alpha value is -2.00. The van der Waals surface area contributed by atoms with Crippen LogP contribution in [0.25, 0.3) is 0 Å². The van der Waals surface area contributed by atoms with Crippen molar-refractivity contribution in [3.05, 3.63) is 35.1 Å². The van der Waals surface area contributed by atoms with Crippen molar-refractivity contribution in [3.8, 4) is 0 Å². The summed E-state index contributed by atoms with van der Waals surface area (Å²) in [4.78, 5) is 11.5. The van der Waals surface area contributed by atoms with E-state index in [9.17, 15) is 8.42 Å². The highest BCUT2D eigenvalue weighted by molar-refractivity contribution is 7.88. The molecule has 0 aromatic carbocycles. The molecule has 1 saturated heterocycles. The topological polar surface area (TPSA) is 92.4 Å². The Kier molecular flexibility index (Phi) is 4.66. The molecule has 0 unspecified atom stereocenters. The van der Waals surface area contributed by atoms with Gasteiger partial charge in [-0.3, -0.25) is 0 Å². The van der Waals surface area contributed by atoms with Crippen LogP contribution < -0.4 is 4.90 Å². The highest BCUT2D eigenvalue weighted by Gasteiger charge is 2.30. The molecule has 1 aliphatic carbocycles. The smallest absolute Gasteiger partial charge is 0.220 e. The molecule has 9 heteroatoms. The maximum Gasteiger partial charge on any atom is 0.220 e. The molecule has 1 fully saturated rings. The Bertz CT molecular complexity index is 874. The van der Waals surface area contributed by atoms with E-state index in [1.54, 1.807) is 10.4 Å². The average molecular weight is 377 g/mol. The fourth-order valence-electron chi connectivity index (χ4n) is 3.72. The Labute approximate surface area is 153 Å². The second-order valence-electron chi connectivity index (χ2n) is 6.86. The third-order valence-electron chi connectivity index (χ3n) is 5.03. The van der Waals surface area contributed by atoms with Crippen LogP contribution in [0.1, 0.15) is 35.6 Å². The lowest BCUT2D eigenvalue weighted by Crippen LogP contribution is -2.49. The molecule has 0 spiro atoms. The molecule has 3 heterocycles. The van der Waals surface area contributed by atoms with Crippen LogP contribution in [0.3, 0.4) is 0 Å². The van der Waals surface area contributed by atoms with Crippen molar-refractivity contribution in [3.63, 3.8) is 0 Å². The minimum Gasteiger partial charge on any atom is -0.364 e. The molecule has 2 aromatic heterocycles. The molecule has 0 radical (unpaired) electrons. The van der Waals surface area contributed by atoms with E-state index in [2.05, 4.69) is 20.0 Å². The van der Waals surface area contributed by atoms with Crippen molar-refractivity contribution in [1.82, 2.24) is 19.4 Å². The second-order valence-corrected chi connectivity index (χ2v) is 8.83. The zero-order valence-corrected chi connectivity index (χ0v) is 15.7. The van der Waals surface area contributed by atoms with Gasteiger partial charge in [-0.2, -0.15) is 4.31 Å². The third-order valence-corrected chi connectivity index (χ3v) is 6.84. The first kappa shape index (κ1) is 17.4. The molecule has 26 heavy (non-hydrogen) atoms. The van der Waals surface area contributed by atoms with Gasteiger partial charge in [0.1, 0.15) is 23.7 Å². The standard InChI is InChI=1S/C17H23N5O3S/c1-13-18-16-5-3-2-4-15(16)17(19-13)21-7-9-22(10-8-21)26(23,24)12-14-6-11-25-20-14/h6,11H,2-5,7-10,12H2,1H3. The first-order valence-corrected chi connectivity index (χ1v) is 10.6. The number of hydrogen-bond acceptors (Lipinski definition) is 7. The van der Waals surface area contributed by atoms with Crippen molar-refractivity contribution >= 4 is 15.8 Å². The lowest BCUT2D eigenvalue weighted by molar-refractivity contribution is 0.380. The maximum absolute atomic E-state index is 12.6. The molecule has 4 rings (SSSR count). The molecular weight excluding hydrogens is 354 g/mol. The predicted octanol–water partition coefficient (Wildman–Crippen LogP) is 1.30. The van der Waals surface area contributed by atoms with Crippen molar-refractivity contribution in [1.29, 1.82) is 0 Å². The number of sulfonamides is 1. The minimum absolute atomic E-state index is 0.120. The zero-order chi connectivity index (χ0) is 18.1. The molecule has 1 aliphatic heterocycles. The van der Waals surface area contributed by atoms with Gasteiger partial charge >= 0.3 is 0 Å². The van der Waals surface area contributed by atoms with Crippen LogP contribution in [-0.2, 0) is 28.6 Å². The van der Waals surface area contributed by atoms with Crippen LogP contribution >= 0.6 is 0 Å². The number of aromatic nitrogens is 3. The van der Waals surface area contributed by atoms with Gasteiger partial charge in [0.25, 0.3) is 0 Å². The van der Waals surface area contributed by atoms with Crippen LogP contribution in [0.15, 0.2) is 16.9 Å². The van der Waals surface area contributed by atoms with Crippen molar-refractivity contribution in [2.45, 2.75) is 38.4 Å². The number of nitrogens with zero attached hydrogens (tertiary/aromatic N) is 5. The second kappa shape index (κ2) is 6.96. The third kappa shape index (κ3) is 3.45. The van der Waals surface area contributed by atoms with Crippen LogP contribution in [0.4, 0.5) is 5.82 Å². The summed E-state index contributed by atoms with van der Waals surface area (Å²) >= 11 is 0. The summed E-state index contributed by atoms with van der Waals surface area (Å²) in [5, 5.41) is 3.71. The van der Waals surface area contributed by atoms with E-state index in [0.717, 1.165) is 24.5 Å².